The van der Waals surface area contributed by atoms with Gasteiger partial charge < -0.3 is 9.47 Å². The smallest absolute Gasteiger partial charge is 0.257 e. The number of carbonyl (C=O) groups is 2. The molecule has 3 N–H and O–H groups in total. The van der Waals surface area contributed by atoms with E-state index in [1.54, 1.807) is 31.4 Å². The lowest BCUT2D eigenvalue weighted by Crippen LogP contribution is -2.49. The molecule has 0 heterocycles. The SMILES string of the molecule is COCCOc1ccc(C(=O)NC(=S)NNC(=O)C(c2ccccc2)c2ccccc2)cc1. The summed E-state index contributed by atoms with van der Waals surface area (Å²) in [6, 6.07) is 25.5. The molecule has 0 aliphatic rings. The number of nitrogens with one attached hydrogen (secondary N) is 3. The number of rotatable bonds is 8. The number of benzene rings is 3. The van der Waals surface area contributed by atoms with Gasteiger partial charge in [0.1, 0.15) is 12.4 Å². The van der Waals surface area contributed by atoms with Gasteiger partial charge in [0.15, 0.2) is 5.11 Å². The summed E-state index contributed by atoms with van der Waals surface area (Å²) in [5, 5.41) is 2.53. The third-order valence-electron chi connectivity index (χ3n) is 4.73. The van der Waals surface area contributed by atoms with Crippen molar-refractivity contribution in [2.24, 2.45) is 0 Å². The van der Waals surface area contributed by atoms with Gasteiger partial charge in [-0.15, -0.1) is 0 Å². The topological polar surface area (TPSA) is 88.7 Å². The van der Waals surface area contributed by atoms with Gasteiger partial charge in [-0.2, -0.15) is 0 Å². The summed E-state index contributed by atoms with van der Waals surface area (Å²) >= 11 is 5.17. The number of ether oxygens (including phenoxy) is 2. The average molecular weight is 464 g/mol. The molecule has 0 radical (unpaired) electrons. The van der Waals surface area contributed by atoms with Crippen LogP contribution in [-0.4, -0.2) is 37.3 Å². The van der Waals surface area contributed by atoms with Crippen LogP contribution in [0.4, 0.5) is 0 Å². The molecule has 0 bridgehead atoms. The lowest BCUT2D eigenvalue weighted by Gasteiger charge is -2.19. The number of thiocarbonyl (C=S) groups is 1. The van der Waals surface area contributed by atoms with E-state index in [-0.39, 0.29) is 11.0 Å². The van der Waals surface area contributed by atoms with E-state index in [4.69, 9.17) is 21.7 Å². The molecule has 3 aromatic carbocycles. The molecule has 3 aromatic rings. The van der Waals surface area contributed by atoms with E-state index < -0.39 is 11.8 Å². The summed E-state index contributed by atoms with van der Waals surface area (Å²) in [5.74, 6) is -0.622. The molecule has 0 aliphatic heterocycles. The van der Waals surface area contributed by atoms with Crippen LogP contribution in [-0.2, 0) is 9.53 Å². The predicted molar refractivity (Wildman–Crippen MR) is 130 cm³/mol. The molecule has 0 fully saturated rings. The van der Waals surface area contributed by atoms with Gasteiger partial charge in [0.2, 0.25) is 5.91 Å². The van der Waals surface area contributed by atoms with Crippen LogP contribution in [0.5, 0.6) is 5.75 Å². The lowest BCUT2D eigenvalue weighted by atomic mass is 9.91. The second-order valence-electron chi connectivity index (χ2n) is 7.02. The highest BCUT2D eigenvalue weighted by molar-refractivity contribution is 7.80. The maximum absolute atomic E-state index is 13.0. The number of methoxy groups -OCH3 is 1. The minimum absolute atomic E-state index is 0.0198. The van der Waals surface area contributed by atoms with Crippen LogP contribution in [0.1, 0.15) is 27.4 Å². The van der Waals surface area contributed by atoms with Crippen molar-refractivity contribution < 1.29 is 19.1 Å². The Morgan fingerprint density at radius 3 is 1.94 bits per heavy atom. The monoisotopic (exact) mass is 463 g/mol. The minimum Gasteiger partial charge on any atom is -0.491 e. The first-order chi connectivity index (χ1) is 16.1. The van der Waals surface area contributed by atoms with Crippen molar-refractivity contribution in [2.45, 2.75) is 5.92 Å². The molecule has 0 spiro atoms. The highest BCUT2D eigenvalue weighted by Crippen LogP contribution is 2.24. The van der Waals surface area contributed by atoms with E-state index in [0.717, 1.165) is 11.1 Å². The maximum Gasteiger partial charge on any atom is 0.257 e. The predicted octanol–water partition coefficient (Wildman–Crippen LogP) is 3.18. The van der Waals surface area contributed by atoms with Crippen LogP contribution in [0.25, 0.3) is 0 Å². The highest BCUT2D eigenvalue weighted by Gasteiger charge is 2.22. The Morgan fingerprint density at radius 1 is 0.818 bits per heavy atom. The van der Waals surface area contributed by atoms with Crippen LogP contribution >= 0.6 is 12.2 Å². The van der Waals surface area contributed by atoms with E-state index >= 15 is 0 Å². The van der Waals surface area contributed by atoms with Gasteiger partial charge in [-0.1, -0.05) is 60.7 Å². The van der Waals surface area contributed by atoms with Gasteiger partial charge in [-0.25, -0.2) is 0 Å². The van der Waals surface area contributed by atoms with E-state index in [1.165, 1.54) is 0 Å². The molecule has 170 valence electrons. The van der Waals surface area contributed by atoms with Crippen molar-refractivity contribution in [3.63, 3.8) is 0 Å². The number of carbonyl (C=O) groups excluding carboxylic acids is 2. The first kappa shape index (κ1) is 23.9. The van der Waals surface area contributed by atoms with Crippen LogP contribution in [0.15, 0.2) is 84.9 Å². The Bertz CT molecular complexity index is 1020. The summed E-state index contributed by atoms with van der Waals surface area (Å²) in [4.78, 5) is 25.4. The fourth-order valence-corrected chi connectivity index (χ4v) is 3.27. The van der Waals surface area contributed by atoms with Crippen molar-refractivity contribution in [2.75, 3.05) is 20.3 Å². The van der Waals surface area contributed by atoms with Crippen molar-refractivity contribution in [3.8, 4) is 5.75 Å². The van der Waals surface area contributed by atoms with E-state index in [0.29, 0.717) is 24.5 Å². The van der Waals surface area contributed by atoms with E-state index in [9.17, 15) is 9.59 Å². The summed E-state index contributed by atoms with van der Waals surface area (Å²) in [6.45, 7) is 0.895. The molecule has 0 saturated heterocycles. The van der Waals surface area contributed by atoms with Crippen LogP contribution in [0.2, 0.25) is 0 Å². The lowest BCUT2D eigenvalue weighted by molar-refractivity contribution is -0.122. The average Bonchev–Trinajstić information content (AvgIpc) is 2.85. The number of hydrogen-bond donors (Lipinski definition) is 3. The van der Waals surface area contributed by atoms with Crippen LogP contribution in [0.3, 0.4) is 0 Å². The molecular formula is C25H25N3O4S. The maximum atomic E-state index is 13.0. The number of hydrogen-bond acceptors (Lipinski definition) is 5. The first-order valence-corrected chi connectivity index (χ1v) is 10.7. The van der Waals surface area contributed by atoms with E-state index in [2.05, 4.69) is 16.2 Å². The zero-order valence-corrected chi connectivity index (χ0v) is 18.9. The quantitative estimate of drug-likeness (QED) is 0.270. The Labute approximate surface area is 198 Å². The molecule has 2 amide bonds. The zero-order valence-electron chi connectivity index (χ0n) is 18.1. The normalized spacial score (nSPS) is 10.4. The Kier molecular flexibility index (Phi) is 8.93. The van der Waals surface area contributed by atoms with Crippen molar-refractivity contribution in [1.82, 2.24) is 16.2 Å². The second kappa shape index (κ2) is 12.3. The third-order valence-corrected chi connectivity index (χ3v) is 4.93. The van der Waals surface area contributed by atoms with Crippen molar-refractivity contribution in [1.29, 1.82) is 0 Å². The minimum atomic E-state index is -0.538. The van der Waals surface area contributed by atoms with Crippen molar-refractivity contribution >= 4 is 29.1 Å². The molecule has 0 atom stereocenters. The molecule has 0 aromatic heterocycles. The molecule has 8 heteroatoms. The Morgan fingerprint density at radius 2 is 1.39 bits per heavy atom. The Hall–Kier alpha value is -3.75. The fourth-order valence-electron chi connectivity index (χ4n) is 3.13. The first-order valence-electron chi connectivity index (χ1n) is 10.3. The molecule has 0 unspecified atom stereocenters. The van der Waals surface area contributed by atoms with Gasteiger partial charge in [-0.05, 0) is 47.6 Å². The van der Waals surface area contributed by atoms with E-state index in [1.807, 2.05) is 60.7 Å². The van der Waals surface area contributed by atoms with Gasteiger partial charge in [0.25, 0.3) is 5.91 Å². The van der Waals surface area contributed by atoms with Gasteiger partial charge in [-0.3, -0.25) is 25.8 Å². The summed E-state index contributed by atoms with van der Waals surface area (Å²) in [5.41, 5.74) is 7.28. The third kappa shape index (κ3) is 7.13. The highest BCUT2D eigenvalue weighted by atomic mass is 32.1. The largest absolute Gasteiger partial charge is 0.491 e. The molecule has 33 heavy (non-hydrogen) atoms. The van der Waals surface area contributed by atoms with Crippen LogP contribution in [0, 0.1) is 0 Å². The molecule has 0 aliphatic carbocycles. The standard InChI is InChI=1S/C25H25N3O4S/c1-31-16-17-32-21-14-12-20(13-15-21)23(29)26-25(33)28-27-24(30)22(18-8-4-2-5-9-18)19-10-6-3-7-11-19/h2-15,22H,16-17H2,1H3,(H,27,30)(H2,26,28,29,33). The molecule has 3 rings (SSSR count). The Balaban J connectivity index is 1.56. The second-order valence-corrected chi connectivity index (χ2v) is 7.43. The van der Waals surface area contributed by atoms with Crippen molar-refractivity contribution in [3.05, 3.63) is 102 Å². The molecule has 0 saturated carbocycles. The molecule has 7 nitrogen and oxygen atoms in total. The zero-order chi connectivity index (χ0) is 23.5. The van der Waals surface area contributed by atoms with Crippen LogP contribution < -0.4 is 20.9 Å². The number of amides is 2. The number of hydrazine groups is 1. The summed E-state index contributed by atoms with van der Waals surface area (Å²) < 4.78 is 10.4. The van der Waals surface area contributed by atoms with Gasteiger partial charge >= 0.3 is 0 Å². The fraction of sp³-hybridized carbons (Fsp3) is 0.160. The molecular weight excluding hydrogens is 438 g/mol. The van der Waals surface area contributed by atoms with Gasteiger partial charge in [0.05, 0.1) is 12.5 Å². The summed E-state index contributed by atoms with van der Waals surface area (Å²) in [6.07, 6.45) is 0. The summed E-state index contributed by atoms with van der Waals surface area (Å²) in [7, 11) is 1.60. The van der Waals surface area contributed by atoms with Gasteiger partial charge in [0, 0.05) is 12.7 Å².